The second-order valence-corrected chi connectivity index (χ2v) is 10.1. The molecule has 0 aromatic heterocycles. The number of thioether (sulfide) groups is 1. The van der Waals surface area contributed by atoms with Crippen molar-refractivity contribution in [2.24, 2.45) is 0 Å². The van der Waals surface area contributed by atoms with E-state index in [4.69, 9.17) is 9.47 Å². The van der Waals surface area contributed by atoms with Crippen LogP contribution in [0.15, 0.2) is 41.3 Å². The number of anilines is 1. The second kappa shape index (κ2) is 12.2. The third kappa shape index (κ3) is 6.55. The lowest BCUT2D eigenvalue weighted by atomic mass is 10.1. The average molecular weight is 538 g/mol. The first-order chi connectivity index (χ1) is 18.2. The Morgan fingerprint density at radius 2 is 1.79 bits per heavy atom. The van der Waals surface area contributed by atoms with Gasteiger partial charge in [-0.3, -0.25) is 24.1 Å². The molecule has 38 heavy (non-hydrogen) atoms. The molecular weight excluding hydrogens is 506 g/mol. The number of hydrogen-bond donors (Lipinski definition) is 1. The van der Waals surface area contributed by atoms with Gasteiger partial charge in [0.05, 0.1) is 11.5 Å². The average Bonchev–Trinajstić information content (AvgIpc) is 3.51. The maximum atomic E-state index is 12.9. The Balaban J connectivity index is 1.42. The van der Waals surface area contributed by atoms with Gasteiger partial charge in [-0.25, -0.2) is 0 Å². The summed E-state index contributed by atoms with van der Waals surface area (Å²) in [5, 5.41) is 2.39. The molecule has 10 heteroatoms. The Morgan fingerprint density at radius 1 is 1.03 bits per heavy atom. The van der Waals surface area contributed by atoms with Gasteiger partial charge in [0.25, 0.3) is 17.1 Å². The highest BCUT2D eigenvalue weighted by atomic mass is 32.2. The molecule has 4 amide bonds. The predicted octanol–water partition coefficient (Wildman–Crippen LogP) is 4.38. The van der Waals surface area contributed by atoms with E-state index in [-0.39, 0.29) is 29.9 Å². The summed E-state index contributed by atoms with van der Waals surface area (Å²) in [6.45, 7) is 6.92. The summed E-state index contributed by atoms with van der Waals surface area (Å²) < 4.78 is 11.4. The third-order valence-electron chi connectivity index (χ3n) is 6.22. The Bertz CT molecular complexity index is 1290. The van der Waals surface area contributed by atoms with E-state index in [1.54, 1.807) is 29.2 Å². The molecule has 0 unspecified atom stereocenters. The molecular formula is C28H31N3O6S. The van der Waals surface area contributed by atoms with Gasteiger partial charge >= 0.3 is 0 Å². The number of amides is 4. The van der Waals surface area contributed by atoms with Crippen molar-refractivity contribution < 1.29 is 28.7 Å². The van der Waals surface area contributed by atoms with Crippen molar-refractivity contribution in [3.05, 3.63) is 58.0 Å². The summed E-state index contributed by atoms with van der Waals surface area (Å²) in [7, 11) is 0. The molecule has 0 aliphatic carbocycles. The molecule has 2 saturated heterocycles. The number of nitrogens with zero attached hydrogens (tertiary/aromatic N) is 2. The molecule has 2 aromatic carbocycles. The van der Waals surface area contributed by atoms with Crippen LogP contribution in [-0.2, 0) is 14.4 Å². The van der Waals surface area contributed by atoms with Gasteiger partial charge in [-0.05, 0) is 86.3 Å². The summed E-state index contributed by atoms with van der Waals surface area (Å²) >= 11 is 0.805. The van der Waals surface area contributed by atoms with E-state index in [1.165, 1.54) is 0 Å². The summed E-state index contributed by atoms with van der Waals surface area (Å²) in [6, 6.07) is 10.9. The normalized spacial score (nSPS) is 16.3. The van der Waals surface area contributed by atoms with Crippen LogP contribution >= 0.6 is 11.8 Å². The molecule has 200 valence electrons. The Kier molecular flexibility index (Phi) is 8.73. The van der Waals surface area contributed by atoms with Gasteiger partial charge in [0.2, 0.25) is 5.91 Å². The standard InChI is InChI=1S/C28H31N3O6S/c1-4-36-23-14-20(9-10-22(23)37-17-25(32)29-21-13-18(2)7-8-19(21)3)15-24-27(34)31(28(35)38-24)16-26(33)30-11-5-6-12-30/h7-10,13-15H,4-6,11-12,16-17H2,1-3H3,(H,29,32)/b24-15-. The molecule has 2 heterocycles. The second-order valence-electron chi connectivity index (χ2n) is 9.15. The highest BCUT2D eigenvalue weighted by Crippen LogP contribution is 2.35. The van der Waals surface area contributed by atoms with Crippen molar-refractivity contribution in [2.45, 2.75) is 33.6 Å². The van der Waals surface area contributed by atoms with Crippen molar-refractivity contribution in [3.63, 3.8) is 0 Å². The smallest absolute Gasteiger partial charge is 0.294 e. The molecule has 2 aliphatic rings. The molecule has 2 aliphatic heterocycles. The van der Waals surface area contributed by atoms with Crippen LogP contribution in [0.5, 0.6) is 11.5 Å². The van der Waals surface area contributed by atoms with Crippen molar-refractivity contribution in [1.29, 1.82) is 0 Å². The summed E-state index contributed by atoms with van der Waals surface area (Å²) in [5.41, 5.74) is 3.34. The lowest BCUT2D eigenvalue weighted by Crippen LogP contribution is -2.40. The van der Waals surface area contributed by atoms with Crippen molar-refractivity contribution in [3.8, 4) is 11.5 Å². The van der Waals surface area contributed by atoms with Crippen LogP contribution in [0, 0.1) is 13.8 Å². The number of nitrogens with one attached hydrogen (secondary N) is 1. The van der Waals surface area contributed by atoms with E-state index >= 15 is 0 Å². The minimum absolute atomic E-state index is 0.212. The molecule has 0 saturated carbocycles. The van der Waals surface area contributed by atoms with Crippen molar-refractivity contribution in [2.75, 3.05) is 38.2 Å². The van der Waals surface area contributed by atoms with Crippen molar-refractivity contribution >= 4 is 46.5 Å². The van der Waals surface area contributed by atoms with Gasteiger partial charge in [0, 0.05) is 18.8 Å². The van der Waals surface area contributed by atoms with E-state index in [1.807, 2.05) is 39.0 Å². The zero-order valence-electron chi connectivity index (χ0n) is 21.7. The first-order valence-electron chi connectivity index (χ1n) is 12.5. The molecule has 0 radical (unpaired) electrons. The van der Waals surface area contributed by atoms with Gasteiger partial charge in [-0.2, -0.15) is 0 Å². The van der Waals surface area contributed by atoms with Crippen molar-refractivity contribution in [1.82, 2.24) is 9.80 Å². The van der Waals surface area contributed by atoms with Crippen LogP contribution in [-0.4, -0.2) is 65.6 Å². The number of rotatable bonds is 9. The number of benzene rings is 2. The number of hydrogen-bond acceptors (Lipinski definition) is 7. The molecule has 9 nitrogen and oxygen atoms in total. The number of carbonyl (C=O) groups is 4. The van der Waals surface area contributed by atoms with Crippen LogP contribution in [0.4, 0.5) is 10.5 Å². The van der Waals surface area contributed by atoms with Crippen LogP contribution in [0.2, 0.25) is 0 Å². The Labute approximate surface area is 226 Å². The van der Waals surface area contributed by atoms with Crippen LogP contribution < -0.4 is 14.8 Å². The molecule has 2 aromatic rings. The molecule has 0 atom stereocenters. The summed E-state index contributed by atoms with van der Waals surface area (Å²) in [6.07, 6.45) is 3.46. The predicted molar refractivity (Wildman–Crippen MR) is 146 cm³/mol. The monoisotopic (exact) mass is 537 g/mol. The lowest BCUT2D eigenvalue weighted by Gasteiger charge is -2.18. The van der Waals surface area contributed by atoms with Gasteiger partial charge in [0.15, 0.2) is 18.1 Å². The highest BCUT2D eigenvalue weighted by molar-refractivity contribution is 8.18. The first kappa shape index (κ1) is 27.3. The highest BCUT2D eigenvalue weighted by Gasteiger charge is 2.37. The van der Waals surface area contributed by atoms with Crippen LogP contribution in [0.25, 0.3) is 6.08 Å². The van der Waals surface area contributed by atoms with E-state index in [9.17, 15) is 19.2 Å². The fraction of sp³-hybridized carbons (Fsp3) is 0.357. The Morgan fingerprint density at radius 3 is 2.53 bits per heavy atom. The Hall–Kier alpha value is -3.79. The minimum Gasteiger partial charge on any atom is -0.490 e. The number of ether oxygens (including phenoxy) is 2. The molecule has 0 bridgehead atoms. The number of carbonyl (C=O) groups excluding carboxylic acids is 4. The molecule has 4 rings (SSSR count). The molecule has 2 fully saturated rings. The molecule has 0 spiro atoms. The summed E-state index contributed by atoms with van der Waals surface area (Å²) in [5.74, 6) is -0.224. The first-order valence-corrected chi connectivity index (χ1v) is 13.4. The number of likely N-dealkylation sites (tertiary alicyclic amines) is 1. The maximum absolute atomic E-state index is 12.9. The minimum atomic E-state index is -0.492. The molecule has 1 N–H and O–H groups in total. The van der Waals surface area contributed by atoms with Gasteiger partial charge < -0.3 is 19.7 Å². The largest absolute Gasteiger partial charge is 0.490 e. The van der Waals surface area contributed by atoms with Crippen LogP contribution in [0.3, 0.4) is 0 Å². The van der Waals surface area contributed by atoms with Gasteiger partial charge in [-0.15, -0.1) is 0 Å². The topological polar surface area (TPSA) is 105 Å². The van der Waals surface area contributed by atoms with E-state index in [0.717, 1.165) is 46.3 Å². The van der Waals surface area contributed by atoms with Gasteiger partial charge in [0.1, 0.15) is 6.54 Å². The number of imide groups is 1. The zero-order chi connectivity index (χ0) is 27.2. The fourth-order valence-corrected chi connectivity index (χ4v) is 5.03. The van der Waals surface area contributed by atoms with E-state index in [2.05, 4.69) is 5.32 Å². The summed E-state index contributed by atoms with van der Waals surface area (Å²) in [4.78, 5) is 53.2. The zero-order valence-corrected chi connectivity index (χ0v) is 22.6. The quantitative estimate of drug-likeness (QED) is 0.474. The van der Waals surface area contributed by atoms with E-state index < -0.39 is 11.1 Å². The third-order valence-corrected chi connectivity index (χ3v) is 7.12. The SMILES string of the molecule is CCOc1cc(/C=C2\SC(=O)N(CC(=O)N3CCCC3)C2=O)ccc1OCC(=O)Nc1cc(C)ccc1C. The fourth-order valence-electron chi connectivity index (χ4n) is 4.19. The lowest BCUT2D eigenvalue weighted by molar-refractivity contribution is -0.135. The van der Waals surface area contributed by atoms with Crippen LogP contribution in [0.1, 0.15) is 36.5 Å². The van der Waals surface area contributed by atoms with Gasteiger partial charge in [-0.1, -0.05) is 18.2 Å². The van der Waals surface area contributed by atoms with E-state index in [0.29, 0.717) is 36.8 Å². The number of aryl methyl sites for hydroxylation is 2. The maximum Gasteiger partial charge on any atom is 0.294 e.